The molecular formula is C19H15BrN4O4. The summed E-state index contributed by atoms with van der Waals surface area (Å²) in [6, 6.07) is 12.6. The predicted octanol–water partition coefficient (Wildman–Crippen LogP) is 3.53. The summed E-state index contributed by atoms with van der Waals surface area (Å²) < 4.78 is 17.1. The molecule has 142 valence electrons. The molecule has 0 aliphatic carbocycles. The van der Waals surface area contributed by atoms with Crippen molar-refractivity contribution in [1.29, 1.82) is 0 Å². The molecule has 0 spiro atoms. The van der Waals surface area contributed by atoms with Crippen LogP contribution in [0.2, 0.25) is 0 Å². The highest BCUT2D eigenvalue weighted by Crippen LogP contribution is 2.35. The topological polar surface area (TPSA) is 109 Å². The molecule has 2 aromatic carbocycles. The van der Waals surface area contributed by atoms with Crippen molar-refractivity contribution in [2.45, 2.75) is 6.42 Å². The van der Waals surface area contributed by atoms with E-state index in [-0.39, 0.29) is 13.2 Å². The van der Waals surface area contributed by atoms with E-state index in [0.29, 0.717) is 39.1 Å². The van der Waals surface area contributed by atoms with Gasteiger partial charge < -0.3 is 25.3 Å². The molecule has 8 nitrogen and oxygen atoms in total. The standard InChI is InChI=1S/C19H15BrN4O4/c20-13-9-22-19(23-12-5-6-15-16(8-12)27-10-26-15)24-18(13)28-14-4-2-1-3-11(14)7-17(21)25/h1-6,8-9H,7,10H2,(H2,21,25)(H,22,23,24). The van der Waals surface area contributed by atoms with Crippen molar-refractivity contribution < 1.29 is 19.0 Å². The van der Waals surface area contributed by atoms with Gasteiger partial charge in [-0.3, -0.25) is 4.79 Å². The molecule has 3 N–H and O–H groups in total. The monoisotopic (exact) mass is 442 g/mol. The molecule has 0 unspecified atom stereocenters. The number of primary amides is 1. The zero-order chi connectivity index (χ0) is 19.5. The number of hydrogen-bond acceptors (Lipinski definition) is 7. The van der Waals surface area contributed by atoms with Crippen molar-refractivity contribution in [1.82, 2.24) is 9.97 Å². The highest BCUT2D eigenvalue weighted by molar-refractivity contribution is 9.10. The Bertz CT molecular complexity index is 1040. The van der Waals surface area contributed by atoms with E-state index in [2.05, 4.69) is 31.2 Å². The molecule has 28 heavy (non-hydrogen) atoms. The lowest BCUT2D eigenvalue weighted by atomic mass is 10.1. The summed E-state index contributed by atoms with van der Waals surface area (Å²) in [5.74, 6) is 2.04. The summed E-state index contributed by atoms with van der Waals surface area (Å²) in [5, 5.41) is 3.10. The highest BCUT2D eigenvalue weighted by Gasteiger charge is 2.15. The second kappa shape index (κ2) is 7.73. The fourth-order valence-corrected chi connectivity index (χ4v) is 2.90. The molecule has 2 heterocycles. The van der Waals surface area contributed by atoms with Crippen LogP contribution in [0.4, 0.5) is 11.6 Å². The minimum absolute atomic E-state index is 0.0706. The maximum atomic E-state index is 11.3. The summed E-state index contributed by atoms with van der Waals surface area (Å²) in [6.07, 6.45) is 1.65. The van der Waals surface area contributed by atoms with Crippen LogP contribution >= 0.6 is 15.9 Å². The predicted molar refractivity (Wildman–Crippen MR) is 105 cm³/mol. The van der Waals surface area contributed by atoms with Crippen molar-refractivity contribution in [3.63, 3.8) is 0 Å². The van der Waals surface area contributed by atoms with E-state index in [1.165, 1.54) is 0 Å². The fourth-order valence-electron chi connectivity index (χ4n) is 2.63. The van der Waals surface area contributed by atoms with Crippen molar-refractivity contribution in [3.05, 3.63) is 58.7 Å². The number of rotatable bonds is 6. The van der Waals surface area contributed by atoms with Crippen molar-refractivity contribution in [2.75, 3.05) is 12.1 Å². The second-order valence-electron chi connectivity index (χ2n) is 5.89. The van der Waals surface area contributed by atoms with E-state index in [4.69, 9.17) is 19.9 Å². The Hall–Kier alpha value is -3.33. The molecule has 1 aliphatic heterocycles. The van der Waals surface area contributed by atoms with Gasteiger partial charge in [0.1, 0.15) is 5.75 Å². The van der Waals surface area contributed by atoms with Gasteiger partial charge in [-0.25, -0.2) is 4.98 Å². The first-order valence-corrected chi connectivity index (χ1v) is 9.11. The zero-order valence-corrected chi connectivity index (χ0v) is 16.1. The number of nitrogens with two attached hydrogens (primary N) is 1. The molecule has 1 aromatic heterocycles. The number of carbonyl (C=O) groups excluding carboxylic acids is 1. The minimum atomic E-state index is -0.442. The van der Waals surface area contributed by atoms with Crippen LogP contribution in [0.15, 0.2) is 53.1 Å². The Morgan fingerprint density at radius 1 is 1.21 bits per heavy atom. The number of nitrogens with zero attached hydrogens (tertiary/aromatic N) is 2. The SMILES string of the molecule is NC(=O)Cc1ccccc1Oc1nc(Nc2ccc3c(c2)OCO3)ncc1Br. The van der Waals surface area contributed by atoms with Crippen LogP contribution in [0, 0.1) is 0 Å². The number of fused-ring (bicyclic) bond motifs is 1. The lowest BCUT2D eigenvalue weighted by molar-refractivity contribution is -0.117. The first-order valence-electron chi connectivity index (χ1n) is 8.32. The van der Waals surface area contributed by atoms with Gasteiger partial charge in [0.25, 0.3) is 0 Å². The molecular weight excluding hydrogens is 428 g/mol. The average Bonchev–Trinajstić information content (AvgIpc) is 3.13. The number of ether oxygens (including phenoxy) is 3. The molecule has 4 rings (SSSR count). The third kappa shape index (κ3) is 3.99. The van der Waals surface area contributed by atoms with Gasteiger partial charge in [0.05, 0.1) is 17.1 Å². The molecule has 3 aromatic rings. The van der Waals surface area contributed by atoms with Crippen LogP contribution in [-0.2, 0) is 11.2 Å². The van der Waals surface area contributed by atoms with Crippen molar-refractivity contribution >= 4 is 33.5 Å². The van der Waals surface area contributed by atoms with Crippen molar-refractivity contribution in [3.8, 4) is 23.1 Å². The smallest absolute Gasteiger partial charge is 0.238 e. The van der Waals surface area contributed by atoms with Crippen LogP contribution in [0.1, 0.15) is 5.56 Å². The highest BCUT2D eigenvalue weighted by atomic mass is 79.9. The Morgan fingerprint density at radius 3 is 2.89 bits per heavy atom. The number of nitrogens with one attached hydrogen (secondary N) is 1. The van der Waals surface area contributed by atoms with Gasteiger partial charge in [-0.2, -0.15) is 4.98 Å². The molecule has 9 heteroatoms. The van der Waals surface area contributed by atoms with E-state index in [9.17, 15) is 4.79 Å². The Kier molecular flexibility index (Phi) is 4.98. The normalized spacial score (nSPS) is 11.9. The molecule has 1 amide bonds. The van der Waals surface area contributed by atoms with Gasteiger partial charge in [-0.15, -0.1) is 0 Å². The number of anilines is 2. The Balaban J connectivity index is 1.57. The van der Waals surface area contributed by atoms with E-state index >= 15 is 0 Å². The van der Waals surface area contributed by atoms with E-state index in [0.717, 1.165) is 5.69 Å². The summed E-state index contributed by atoms with van der Waals surface area (Å²) in [5.41, 5.74) is 6.72. The maximum absolute atomic E-state index is 11.3. The van der Waals surface area contributed by atoms with Crippen LogP contribution in [0.3, 0.4) is 0 Å². The van der Waals surface area contributed by atoms with Gasteiger partial charge in [0.2, 0.25) is 24.5 Å². The third-order valence-electron chi connectivity index (χ3n) is 3.88. The second-order valence-corrected chi connectivity index (χ2v) is 6.75. The quantitative estimate of drug-likeness (QED) is 0.600. The first-order chi connectivity index (χ1) is 13.6. The van der Waals surface area contributed by atoms with Crippen LogP contribution in [-0.4, -0.2) is 22.7 Å². The lowest BCUT2D eigenvalue weighted by Crippen LogP contribution is -2.14. The summed E-state index contributed by atoms with van der Waals surface area (Å²) in [4.78, 5) is 19.9. The van der Waals surface area contributed by atoms with Crippen LogP contribution in [0.25, 0.3) is 0 Å². The largest absolute Gasteiger partial charge is 0.454 e. The molecule has 0 saturated heterocycles. The van der Waals surface area contributed by atoms with E-state index in [1.807, 2.05) is 12.1 Å². The molecule has 1 aliphatic rings. The van der Waals surface area contributed by atoms with Gasteiger partial charge in [0, 0.05) is 17.3 Å². The average molecular weight is 443 g/mol. The first kappa shape index (κ1) is 18.1. The summed E-state index contributed by atoms with van der Waals surface area (Å²) in [7, 11) is 0. The number of carbonyl (C=O) groups is 1. The van der Waals surface area contributed by atoms with Gasteiger partial charge in [-0.1, -0.05) is 18.2 Å². The Labute approximate surface area is 168 Å². The van der Waals surface area contributed by atoms with Gasteiger partial charge in [-0.05, 0) is 34.1 Å². The Morgan fingerprint density at radius 2 is 2.04 bits per heavy atom. The van der Waals surface area contributed by atoms with Gasteiger partial charge >= 0.3 is 0 Å². The maximum Gasteiger partial charge on any atom is 0.238 e. The third-order valence-corrected chi connectivity index (χ3v) is 4.43. The lowest BCUT2D eigenvalue weighted by Gasteiger charge is -2.12. The molecule has 0 bridgehead atoms. The van der Waals surface area contributed by atoms with Gasteiger partial charge in [0.15, 0.2) is 11.5 Å². The molecule has 0 atom stereocenters. The molecule has 0 fully saturated rings. The van der Waals surface area contributed by atoms with Crippen LogP contribution in [0.5, 0.6) is 23.1 Å². The summed E-state index contributed by atoms with van der Waals surface area (Å²) >= 11 is 3.38. The zero-order valence-electron chi connectivity index (χ0n) is 14.5. The van der Waals surface area contributed by atoms with Crippen molar-refractivity contribution in [2.24, 2.45) is 5.73 Å². The number of benzene rings is 2. The number of para-hydroxylation sites is 1. The summed E-state index contributed by atoms with van der Waals surface area (Å²) in [6.45, 7) is 0.205. The number of hydrogen-bond donors (Lipinski definition) is 2. The van der Waals surface area contributed by atoms with E-state index < -0.39 is 5.91 Å². The fraction of sp³-hybridized carbons (Fsp3) is 0.105. The number of aromatic nitrogens is 2. The minimum Gasteiger partial charge on any atom is -0.454 e. The number of amides is 1. The number of halogens is 1. The van der Waals surface area contributed by atoms with Crippen LogP contribution < -0.4 is 25.3 Å². The van der Waals surface area contributed by atoms with E-state index in [1.54, 1.807) is 36.5 Å². The molecule has 0 saturated carbocycles. The molecule has 0 radical (unpaired) electrons.